The van der Waals surface area contributed by atoms with E-state index in [-0.39, 0.29) is 11.5 Å². The number of aromatic nitrogens is 1. The van der Waals surface area contributed by atoms with E-state index in [0.717, 1.165) is 18.2 Å². The normalized spacial score (nSPS) is 17.1. The van der Waals surface area contributed by atoms with Crippen LogP contribution in [-0.4, -0.2) is 43.4 Å². The molecule has 1 aliphatic rings. The van der Waals surface area contributed by atoms with Crippen molar-refractivity contribution >= 4 is 28.4 Å². The molecule has 1 aromatic heterocycles. The first-order valence-electron chi connectivity index (χ1n) is 7.59. The van der Waals surface area contributed by atoms with Gasteiger partial charge in [-0.15, -0.1) is 0 Å². The van der Waals surface area contributed by atoms with Gasteiger partial charge in [-0.1, -0.05) is 23.7 Å². The van der Waals surface area contributed by atoms with Crippen LogP contribution in [-0.2, 0) is 9.47 Å². The van der Waals surface area contributed by atoms with Crippen LogP contribution in [0.2, 0.25) is 5.02 Å². The van der Waals surface area contributed by atoms with Gasteiger partial charge >= 0.3 is 0 Å². The highest BCUT2D eigenvalue weighted by Gasteiger charge is 2.33. The molecule has 122 valence electrons. The van der Waals surface area contributed by atoms with Crippen molar-refractivity contribution in [3.8, 4) is 0 Å². The maximum Gasteiger partial charge on any atom is 0.270 e. The number of nitrogens with one attached hydrogen (secondary N) is 1. The van der Waals surface area contributed by atoms with Crippen LogP contribution in [0.5, 0.6) is 0 Å². The zero-order valence-corrected chi connectivity index (χ0v) is 13.7. The third-order valence-electron chi connectivity index (χ3n) is 4.29. The summed E-state index contributed by atoms with van der Waals surface area (Å²) in [5.41, 5.74) is 0.726. The highest BCUT2D eigenvalue weighted by atomic mass is 35.5. The molecular weight excluding hydrogens is 316 g/mol. The van der Waals surface area contributed by atoms with Gasteiger partial charge < -0.3 is 14.8 Å². The first-order chi connectivity index (χ1) is 11.1. The van der Waals surface area contributed by atoms with Crippen molar-refractivity contribution in [2.75, 3.05) is 26.9 Å². The van der Waals surface area contributed by atoms with Crippen molar-refractivity contribution in [1.29, 1.82) is 0 Å². The van der Waals surface area contributed by atoms with E-state index in [9.17, 15) is 4.79 Å². The predicted molar refractivity (Wildman–Crippen MR) is 88.9 cm³/mol. The lowest BCUT2D eigenvalue weighted by Crippen LogP contribution is -2.48. The molecule has 1 N–H and O–H groups in total. The molecule has 1 amide bonds. The third-order valence-corrected chi connectivity index (χ3v) is 4.53. The molecule has 1 aromatic carbocycles. The molecule has 0 radical (unpaired) electrons. The Morgan fingerprint density at radius 2 is 2.09 bits per heavy atom. The highest BCUT2D eigenvalue weighted by molar-refractivity contribution is 6.31. The molecule has 1 fully saturated rings. The topological polar surface area (TPSA) is 60.5 Å². The Bertz CT molecular complexity index is 714. The Morgan fingerprint density at radius 3 is 2.83 bits per heavy atom. The van der Waals surface area contributed by atoms with Crippen LogP contribution in [0.4, 0.5) is 0 Å². The minimum Gasteiger partial charge on any atom is -0.381 e. The van der Waals surface area contributed by atoms with E-state index >= 15 is 0 Å². The van der Waals surface area contributed by atoms with Crippen molar-refractivity contribution < 1.29 is 14.3 Å². The highest BCUT2D eigenvalue weighted by Crippen LogP contribution is 2.24. The number of hydrogen-bond donors (Lipinski definition) is 1. The van der Waals surface area contributed by atoms with Gasteiger partial charge in [0.1, 0.15) is 5.69 Å². The van der Waals surface area contributed by atoms with Gasteiger partial charge in [-0.2, -0.15) is 0 Å². The molecule has 0 spiro atoms. The molecule has 0 atom stereocenters. The Labute approximate surface area is 139 Å². The summed E-state index contributed by atoms with van der Waals surface area (Å²) in [6.07, 6.45) is 1.54. The van der Waals surface area contributed by atoms with E-state index in [1.54, 1.807) is 25.3 Å². The predicted octanol–water partition coefficient (Wildman–Crippen LogP) is 2.81. The molecule has 2 heterocycles. The van der Waals surface area contributed by atoms with Gasteiger partial charge in [-0.3, -0.25) is 4.79 Å². The largest absolute Gasteiger partial charge is 0.381 e. The average Bonchev–Trinajstić information content (AvgIpc) is 2.59. The molecule has 1 aliphatic heterocycles. The van der Waals surface area contributed by atoms with Crippen LogP contribution in [0.25, 0.3) is 10.9 Å². The van der Waals surface area contributed by atoms with Crippen molar-refractivity contribution in [2.45, 2.75) is 18.4 Å². The lowest BCUT2D eigenvalue weighted by atomic mass is 9.94. The molecule has 0 bridgehead atoms. The number of rotatable bonds is 4. The van der Waals surface area contributed by atoms with Crippen LogP contribution in [0.1, 0.15) is 23.3 Å². The van der Waals surface area contributed by atoms with Gasteiger partial charge in [0.2, 0.25) is 0 Å². The number of benzene rings is 1. The first kappa shape index (κ1) is 16.2. The van der Waals surface area contributed by atoms with E-state index in [4.69, 9.17) is 21.1 Å². The second-order valence-corrected chi connectivity index (χ2v) is 6.15. The summed E-state index contributed by atoms with van der Waals surface area (Å²) in [5, 5.41) is 4.47. The minimum absolute atomic E-state index is 0.213. The Hall–Kier alpha value is -1.69. The van der Waals surface area contributed by atoms with Gasteiger partial charge in [0.15, 0.2) is 0 Å². The molecule has 23 heavy (non-hydrogen) atoms. The van der Waals surface area contributed by atoms with Gasteiger partial charge in [-0.25, -0.2) is 4.98 Å². The quantitative estimate of drug-likeness (QED) is 0.934. The van der Waals surface area contributed by atoms with Crippen LogP contribution >= 0.6 is 11.6 Å². The van der Waals surface area contributed by atoms with Crippen molar-refractivity contribution in [3.63, 3.8) is 0 Å². The van der Waals surface area contributed by atoms with E-state index < -0.39 is 0 Å². The molecule has 1 saturated heterocycles. The number of hydrogen-bond acceptors (Lipinski definition) is 4. The summed E-state index contributed by atoms with van der Waals surface area (Å²) in [6.45, 7) is 1.74. The van der Waals surface area contributed by atoms with Crippen LogP contribution < -0.4 is 5.32 Å². The van der Waals surface area contributed by atoms with E-state index in [1.165, 1.54) is 0 Å². The lowest BCUT2D eigenvalue weighted by molar-refractivity contribution is -0.0864. The third kappa shape index (κ3) is 3.63. The van der Waals surface area contributed by atoms with Crippen LogP contribution in [0.3, 0.4) is 0 Å². The fourth-order valence-corrected chi connectivity index (χ4v) is 2.91. The number of carbonyl (C=O) groups is 1. The summed E-state index contributed by atoms with van der Waals surface area (Å²) in [7, 11) is 1.67. The lowest BCUT2D eigenvalue weighted by Gasteiger charge is -2.35. The van der Waals surface area contributed by atoms with Gasteiger partial charge in [0.05, 0.1) is 11.1 Å². The number of fused-ring (bicyclic) bond motifs is 1. The maximum absolute atomic E-state index is 12.4. The van der Waals surface area contributed by atoms with Crippen LogP contribution in [0.15, 0.2) is 30.3 Å². The van der Waals surface area contributed by atoms with Crippen molar-refractivity contribution in [2.24, 2.45) is 0 Å². The molecule has 3 rings (SSSR count). The second kappa shape index (κ2) is 6.83. The number of carbonyl (C=O) groups excluding carboxylic acids is 1. The Balaban J connectivity index is 1.72. The van der Waals surface area contributed by atoms with Crippen molar-refractivity contribution in [3.05, 3.63) is 41.0 Å². The molecule has 5 nitrogen and oxygen atoms in total. The molecule has 0 aliphatic carbocycles. The summed E-state index contributed by atoms with van der Waals surface area (Å²) in [5.74, 6) is -0.213. The zero-order valence-electron chi connectivity index (χ0n) is 13.0. The number of pyridine rings is 1. The van der Waals surface area contributed by atoms with Crippen LogP contribution in [0, 0.1) is 0 Å². The number of halogens is 1. The molecule has 6 heteroatoms. The van der Waals surface area contributed by atoms with E-state index in [1.807, 2.05) is 12.1 Å². The Kier molecular flexibility index (Phi) is 4.80. The molecule has 0 saturated carbocycles. The van der Waals surface area contributed by atoms with Crippen molar-refractivity contribution in [1.82, 2.24) is 10.3 Å². The summed E-state index contributed by atoms with van der Waals surface area (Å²) < 4.78 is 11.0. The maximum atomic E-state index is 12.4. The monoisotopic (exact) mass is 334 g/mol. The smallest absolute Gasteiger partial charge is 0.270 e. The first-order valence-corrected chi connectivity index (χ1v) is 7.97. The van der Waals surface area contributed by atoms with Gasteiger partial charge in [-0.05, 0) is 18.2 Å². The SMILES string of the molecule is COC1(CNC(=O)c2ccc3ccc(Cl)cc3n2)CCOCC1. The molecule has 0 unspecified atom stereocenters. The molecular formula is C17H19ClN2O3. The van der Waals surface area contributed by atoms with Gasteiger partial charge in [0.25, 0.3) is 5.91 Å². The fourth-order valence-electron chi connectivity index (χ4n) is 2.75. The average molecular weight is 335 g/mol. The van der Waals surface area contributed by atoms with E-state index in [2.05, 4.69) is 10.3 Å². The van der Waals surface area contributed by atoms with E-state index in [0.29, 0.717) is 36.0 Å². The summed E-state index contributed by atoms with van der Waals surface area (Å²) in [4.78, 5) is 16.8. The number of methoxy groups -OCH3 is 1. The number of amides is 1. The van der Waals surface area contributed by atoms with Gasteiger partial charge in [0, 0.05) is 50.1 Å². The second-order valence-electron chi connectivity index (χ2n) is 5.72. The Morgan fingerprint density at radius 1 is 1.35 bits per heavy atom. The minimum atomic E-state index is -0.353. The summed E-state index contributed by atoms with van der Waals surface area (Å²) >= 11 is 5.98. The molecule has 2 aromatic rings. The summed E-state index contributed by atoms with van der Waals surface area (Å²) in [6, 6.07) is 9.03. The standard InChI is InChI=1S/C17H19ClN2O3/c1-22-17(6-8-23-9-7-17)11-19-16(21)14-5-3-12-2-4-13(18)10-15(12)20-14/h2-5,10H,6-9,11H2,1H3,(H,19,21). The number of ether oxygens (including phenoxy) is 2. The number of nitrogens with zero attached hydrogens (tertiary/aromatic N) is 1. The fraction of sp³-hybridized carbons (Fsp3) is 0.412. The zero-order chi connectivity index (χ0) is 16.3.